The Morgan fingerprint density at radius 3 is 1.67 bits per heavy atom. The molecule has 0 heterocycles. The molecule has 5 heteroatoms. The monoisotopic (exact) mass is 430 g/mol. The van der Waals surface area contributed by atoms with Crippen molar-refractivity contribution in [1.82, 2.24) is 0 Å². The fourth-order valence-corrected chi connectivity index (χ4v) is 3.72. The van der Waals surface area contributed by atoms with E-state index < -0.39 is 35.9 Å². The molecule has 0 saturated heterocycles. The summed E-state index contributed by atoms with van der Waals surface area (Å²) >= 11 is 0. The number of hydrogen-bond donors (Lipinski definition) is 0. The Bertz CT molecular complexity index is 524. The topological polar surface area (TPSA) is 66.4 Å². The van der Waals surface area contributed by atoms with Gasteiger partial charge in [0.1, 0.15) is 6.54 Å². The highest BCUT2D eigenvalue weighted by Gasteiger charge is 2.22. The summed E-state index contributed by atoms with van der Waals surface area (Å²) < 4.78 is 27.6. The van der Waals surface area contributed by atoms with E-state index in [2.05, 4.69) is 6.92 Å². The van der Waals surface area contributed by atoms with Crippen molar-refractivity contribution in [3.05, 3.63) is 0 Å². The van der Waals surface area contributed by atoms with E-state index in [0.29, 0.717) is 6.42 Å². The van der Waals surface area contributed by atoms with E-state index in [9.17, 15) is 14.7 Å². The SMILES string of the molecule is [2H]C([2H])([2H])[N+](C)(C)C[C@@H](CC(=O)[O-])OC(=O)CCCCCCCCCCCCCCCCC. The number of quaternary nitrogens is 1. The van der Waals surface area contributed by atoms with Crippen LogP contribution in [0.2, 0.25) is 0 Å². The highest BCUT2D eigenvalue weighted by atomic mass is 16.5. The van der Waals surface area contributed by atoms with Crippen molar-refractivity contribution in [2.45, 2.75) is 122 Å². The fourth-order valence-electron chi connectivity index (χ4n) is 3.72. The average molecular weight is 431 g/mol. The summed E-state index contributed by atoms with van der Waals surface area (Å²) in [4.78, 5) is 23.1. The second-order valence-electron chi connectivity index (χ2n) is 9.26. The second-order valence-corrected chi connectivity index (χ2v) is 9.26. The van der Waals surface area contributed by atoms with Gasteiger partial charge in [-0.05, 0) is 6.42 Å². The van der Waals surface area contributed by atoms with Crippen LogP contribution in [0.4, 0.5) is 0 Å². The van der Waals surface area contributed by atoms with Crippen LogP contribution in [0.1, 0.15) is 120 Å². The van der Waals surface area contributed by atoms with E-state index in [1.807, 2.05) is 0 Å². The van der Waals surface area contributed by atoms with Gasteiger partial charge in [0.25, 0.3) is 0 Å². The average Bonchev–Trinajstić information content (AvgIpc) is 2.69. The molecule has 5 nitrogen and oxygen atoms in total. The molecule has 0 aromatic heterocycles. The predicted molar refractivity (Wildman–Crippen MR) is 122 cm³/mol. The normalized spacial score (nSPS) is 14.6. The molecule has 0 unspecified atom stereocenters. The van der Waals surface area contributed by atoms with Gasteiger partial charge in [0.2, 0.25) is 0 Å². The van der Waals surface area contributed by atoms with Gasteiger partial charge in [-0.25, -0.2) is 0 Å². The molecule has 0 rings (SSSR count). The molecule has 1 atom stereocenters. The summed E-state index contributed by atoms with van der Waals surface area (Å²) in [5.41, 5.74) is 0. The summed E-state index contributed by atoms with van der Waals surface area (Å²) in [5, 5.41) is 11.0. The van der Waals surface area contributed by atoms with Crippen molar-refractivity contribution in [3.8, 4) is 0 Å². The van der Waals surface area contributed by atoms with Crippen LogP contribution in [0, 0.1) is 0 Å². The summed E-state index contributed by atoms with van der Waals surface area (Å²) in [6.07, 6.45) is 17.3. The second kappa shape index (κ2) is 18.7. The quantitative estimate of drug-likeness (QED) is 0.146. The number of carbonyl (C=O) groups is 2. The van der Waals surface area contributed by atoms with Crippen molar-refractivity contribution in [3.63, 3.8) is 0 Å². The fraction of sp³-hybridized carbons (Fsp3) is 0.920. The number of carbonyl (C=O) groups excluding carboxylic acids is 2. The van der Waals surface area contributed by atoms with Gasteiger partial charge in [0, 0.05) is 18.8 Å². The number of aliphatic carboxylic acids is 1. The summed E-state index contributed by atoms with van der Waals surface area (Å²) in [7, 11) is 2.94. The van der Waals surface area contributed by atoms with Crippen LogP contribution in [0.3, 0.4) is 0 Å². The molecule has 0 aromatic carbocycles. The van der Waals surface area contributed by atoms with Gasteiger partial charge in [0.15, 0.2) is 6.10 Å². The minimum Gasteiger partial charge on any atom is -0.550 e. The molecule has 0 aliphatic carbocycles. The van der Waals surface area contributed by atoms with Gasteiger partial charge >= 0.3 is 5.97 Å². The molecule has 178 valence electrons. The maximum Gasteiger partial charge on any atom is 0.306 e. The number of carboxylic acids is 1. The third-order valence-electron chi connectivity index (χ3n) is 5.34. The number of nitrogens with zero attached hydrogens (tertiary/aromatic N) is 1. The van der Waals surface area contributed by atoms with Crippen LogP contribution < -0.4 is 5.11 Å². The number of hydrogen-bond acceptors (Lipinski definition) is 4. The molecular formula is C25H49NO4. The van der Waals surface area contributed by atoms with E-state index in [-0.39, 0.29) is 13.0 Å². The van der Waals surface area contributed by atoms with E-state index in [1.165, 1.54) is 91.1 Å². The summed E-state index contributed by atoms with van der Waals surface area (Å²) in [6, 6.07) is 0. The molecule has 0 aliphatic heterocycles. The van der Waals surface area contributed by atoms with Crippen molar-refractivity contribution in [2.75, 3.05) is 27.6 Å². The third-order valence-corrected chi connectivity index (χ3v) is 5.34. The van der Waals surface area contributed by atoms with Gasteiger partial charge in [0.05, 0.1) is 25.2 Å². The largest absolute Gasteiger partial charge is 0.550 e. The van der Waals surface area contributed by atoms with Crippen molar-refractivity contribution in [2.24, 2.45) is 0 Å². The molecule has 0 bridgehead atoms. The van der Waals surface area contributed by atoms with Crippen LogP contribution in [-0.2, 0) is 14.3 Å². The highest BCUT2D eigenvalue weighted by molar-refractivity contribution is 5.70. The smallest absolute Gasteiger partial charge is 0.306 e. The van der Waals surface area contributed by atoms with Gasteiger partial charge in [-0.3, -0.25) is 4.79 Å². The molecule has 0 aromatic rings. The number of likely N-dealkylation sites (N-methyl/N-ethyl adjacent to an activating group) is 1. The Morgan fingerprint density at radius 2 is 1.27 bits per heavy atom. The van der Waals surface area contributed by atoms with E-state index in [1.54, 1.807) is 0 Å². The minimum absolute atomic E-state index is 0.102. The van der Waals surface area contributed by atoms with E-state index >= 15 is 0 Å². The van der Waals surface area contributed by atoms with Crippen molar-refractivity contribution in [1.29, 1.82) is 0 Å². The van der Waals surface area contributed by atoms with Crippen molar-refractivity contribution >= 4 is 11.9 Å². The third kappa shape index (κ3) is 21.6. The predicted octanol–water partition coefficient (Wildman–Crippen LogP) is 5.01. The number of carboxylic acid groups (broad SMARTS) is 1. The lowest BCUT2D eigenvalue weighted by atomic mass is 10.0. The lowest BCUT2D eigenvalue weighted by Crippen LogP contribution is -2.45. The number of ether oxygens (including phenoxy) is 1. The first-order valence-corrected chi connectivity index (χ1v) is 12.2. The van der Waals surface area contributed by atoms with Gasteiger partial charge in [-0.15, -0.1) is 0 Å². The summed E-state index contributed by atoms with van der Waals surface area (Å²) in [6.45, 7) is -0.181. The van der Waals surface area contributed by atoms with Crippen LogP contribution in [0.15, 0.2) is 0 Å². The van der Waals surface area contributed by atoms with Crippen LogP contribution in [0.5, 0.6) is 0 Å². The zero-order chi connectivity index (χ0) is 25.2. The Balaban J connectivity index is 3.83. The lowest BCUT2D eigenvalue weighted by Gasteiger charge is -2.29. The van der Waals surface area contributed by atoms with Crippen LogP contribution in [-0.4, -0.2) is 50.1 Å². The zero-order valence-electron chi connectivity index (χ0n) is 22.9. The maximum absolute atomic E-state index is 12.1. The lowest BCUT2D eigenvalue weighted by molar-refractivity contribution is -0.873. The molecule has 0 aliphatic rings. The minimum atomic E-state index is -2.33. The van der Waals surface area contributed by atoms with Gasteiger partial charge in [-0.2, -0.15) is 0 Å². The van der Waals surface area contributed by atoms with Crippen LogP contribution in [0.25, 0.3) is 0 Å². The molecule has 0 radical (unpaired) electrons. The zero-order valence-corrected chi connectivity index (χ0v) is 19.9. The number of esters is 1. The standard InChI is InChI=1S/C25H49NO4/c1-5-6-7-8-9-10-11-12-13-14-15-16-17-18-19-20-25(29)30-23(21-24(27)28)22-26(2,3)4/h23H,5-22H2,1-4H3/t23-/m1/s1/i2D3. The van der Waals surface area contributed by atoms with E-state index in [0.717, 1.165) is 12.8 Å². The highest BCUT2D eigenvalue weighted by Crippen LogP contribution is 2.14. The Morgan fingerprint density at radius 1 is 0.833 bits per heavy atom. The first kappa shape index (κ1) is 23.6. The number of rotatable bonds is 21. The van der Waals surface area contributed by atoms with Crippen LogP contribution >= 0.6 is 0 Å². The Kier molecular flexibility index (Phi) is 14.6. The summed E-state index contributed by atoms with van der Waals surface area (Å²) in [5.74, 6) is -1.83. The van der Waals surface area contributed by atoms with E-state index in [4.69, 9.17) is 8.85 Å². The molecular weight excluding hydrogens is 378 g/mol. The van der Waals surface area contributed by atoms with Gasteiger partial charge < -0.3 is 19.1 Å². The maximum atomic E-state index is 12.1. The molecule has 0 amide bonds. The molecule has 0 N–H and O–H groups in total. The first-order valence-electron chi connectivity index (χ1n) is 13.7. The Hall–Kier alpha value is -1.10. The van der Waals surface area contributed by atoms with Gasteiger partial charge in [-0.1, -0.05) is 96.8 Å². The first-order chi connectivity index (χ1) is 15.5. The number of unbranched alkanes of at least 4 members (excludes halogenated alkanes) is 14. The molecule has 30 heavy (non-hydrogen) atoms. The molecule has 0 spiro atoms. The molecule has 0 fully saturated rings. The van der Waals surface area contributed by atoms with Crippen molar-refractivity contribution < 1.29 is 28.0 Å². The Labute approximate surface area is 190 Å². The molecule has 0 saturated carbocycles.